The lowest BCUT2D eigenvalue weighted by Crippen LogP contribution is -2.46. The Morgan fingerprint density at radius 1 is 1.00 bits per heavy atom. The van der Waals surface area contributed by atoms with Crippen LogP contribution in [0.3, 0.4) is 0 Å². The van der Waals surface area contributed by atoms with E-state index in [-0.39, 0.29) is 6.04 Å². The summed E-state index contributed by atoms with van der Waals surface area (Å²) in [7, 11) is 0. The zero-order chi connectivity index (χ0) is 15.7. The molecule has 0 aliphatic carbocycles. The Kier molecular flexibility index (Phi) is 4.12. The fourth-order valence-corrected chi connectivity index (χ4v) is 3.11. The first-order valence-electron chi connectivity index (χ1n) is 7.55. The van der Waals surface area contributed by atoms with Crippen LogP contribution in [0.1, 0.15) is 23.5 Å². The number of halogens is 2. The summed E-state index contributed by atoms with van der Waals surface area (Å²) >= 11 is 0. The molecule has 2 unspecified atom stereocenters. The van der Waals surface area contributed by atoms with Gasteiger partial charge in [0.25, 0.3) is 0 Å². The van der Waals surface area contributed by atoms with E-state index in [4.69, 9.17) is 5.73 Å². The monoisotopic (exact) mass is 302 g/mol. The smallest absolute Gasteiger partial charge is 0.160 e. The summed E-state index contributed by atoms with van der Waals surface area (Å²) in [6.07, 6.45) is 0.906. The molecule has 0 radical (unpaired) electrons. The van der Waals surface area contributed by atoms with Crippen LogP contribution in [0.15, 0.2) is 42.5 Å². The third-order valence-electron chi connectivity index (χ3n) is 4.30. The lowest BCUT2D eigenvalue weighted by molar-refractivity contribution is 0.452. The maximum atomic E-state index is 13.5. The van der Waals surface area contributed by atoms with E-state index in [1.54, 1.807) is 6.07 Å². The minimum Gasteiger partial charge on any atom is -0.369 e. The maximum absolute atomic E-state index is 13.5. The fraction of sp³-hybridized carbons (Fsp3) is 0.333. The second-order valence-corrected chi connectivity index (χ2v) is 6.11. The van der Waals surface area contributed by atoms with E-state index in [1.807, 2.05) is 4.90 Å². The summed E-state index contributed by atoms with van der Waals surface area (Å²) in [4.78, 5) is 2.04. The predicted molar refractivity (Wildman–Crippen MR) is 85.1 cm³/mol. The fourth-order valence-electron chi connectivity index (χ4n) is 3.11. The summed E-state index contributed by atoms with van der Waals surface area (Å²) in [5.74, 6) is -1.33. The number of aryl methyl sites for hydroxylation is 1. The molecule has 2 atom stereocenters. The van der Waals surface area contributed by atoms with E-state index >= 15 is 0 Å². The van der Waals surface area contributed by atoms with Gasteiger partial charge in [0.05, 0.1) is 0 Å². The highest BCUT2D eigenvalue weighted by Gasteiger charge is 2.26. The quantitative estimate of drug-likeness (QED) is 0.918. The largest absolute Gasteiger partial charge is 0.369 e. The first kappa shape index (κ1) is 15.0. The van der Waals surface area contributed by atoms with Crippen LogP contribution in [0.4, 0.5) is 14.5 Å². The minimum absolute atomic E-state index is 0.0215. The number of nitrogens with zero attached hydrogens (tertiary/aromatic N) is 1. The molecule has 2 nitrogen and oxygen atoms in total. The van der Waals surface area contributed by atoms with E-state index < -0.39 is 11.6 Å². The van der Waals surface area contributed by atoms with Crippen molar-refractivity contribution in [2.24, 2.45) is 5.73 Å². The molecule has 2 aromatic carbocycles. The molecule has 116 valence electrons. The first-order valence-corrected chi connectivity index (χ1v) is 7.55. The molecule has 4 heteroatoms. The van der Waals surface area contributed by atoms with Crippen LogP contribution in [0.5, 0.6) is 0 Å². The van der Waals surface area contributed by atoms with Gasteiger partial charge in [0.15, 0.2) is 11.6 Å². The van der Waals surface area contributed by atoms with Crippen molar-refractivity contribution in [3.8, 4) is 0 Å². The van der Waals surface area contributed by atoms with Crippen LogP contribution in [-0.4, -0.2) is 19.1 Å². The number of hydrogen-bond acceptors (Lipinski definition) is 2. The third kappa shape index (κ3) is 3.12. The Balaban J connectivity index is 1.84. The molecule has 1 heterocycles. The number of nitrogens with two attached hydrogens (primary N) is 1. The highest BCUT2D eigenvalue weighted by Crippen LogP contribution is 2.30. The lowest BCUT2D eigenvalue weighted by Gasteiger charge is -2.38. The Labute approximate surface area is 129 Å². The number of rotatable bonds is 2. The Morgan fingerprint density at radius 2 is 1.73 bits per heavy atom. The van der Waals surface area contributed by atoms with Crippen molar-refractivity contribution in [3.63, 3.8) is 0 Å². The number of hydrogen-bond donors (Lipinski definition) is 1. The van der Waals surface area contributed by atoms with Gasteiger partial charge in [-0.05, 0) is 31.0 Å². The first-order chi connectivity index (χ1) is 10.5. The second kappa shape index (κ2) is 6.05. The normalized spacial score (nSPS) is 21.9. The van der Waals surface area contributed by atoms with Crippen molar-refractivity contribution in [1.29, 1.82) is 0 Å². The molecular formula is C18H20F2N2. The molecule has 3 rings (SSSR count). The molecule has 2 N–H and O–H groups in total. The summed E-state index contributed by atoms with van der Waals surface area (Å²) in [6.45, 7) is 3.49. The van der Waals surface area contributed by atoms with Crippen LogP contribution >= 0.6 is 0 Å². The van der Waals surface area contributed by atoms with Crippen molar-refractivity contribution in [2.45, 2.75) is 25.3 Å². The molecule has 1 aliphatic rings. The van der Waals surface area contributed by atoms with Gasteiger partial charge in [-0.25, -0.2) is 8.78 Å². The summed E-state index contributed by atoms with van der Waals surface area (Å²) in [5.41, 5.74) is 9.33. The van der Waals surface area contributed by atoms with Crippen molar-refractivity contribution in [2.75, 3.05) is 18.0 Å². The van der Waals surface area contributed by atoms with Crippen LogP contribution in [0.25, 0.3) is 0 Å². The van der Waals surface area contributed by atoms with Crippen molar-refractivity contribution in [3.05, 3.63) is 65.2 Å². The zero-order valence-corrected chi connectivity index (χ0v) is 12.6. The van der Waals surface area contributed by atoms with Gasteiger partial charge in [0, 0.05) is 36.8 Å². The molecule has 0 aromatic heterocycles. The van der Waals surface area contributed by atoms with Crippen LogP contribution in [-0.2, 0) is 0 Å². The van der Waals surface area contributed by atoms with Gasteiger partial charge in [-0.15, -0.1) is 0 Å². The standard InChI is InChI=1S/C18H20F2N2/c1-12-2-4-13(5-3-12)14-8-15(21)11-22(10-14)16-6-7-17(19)18(20)9-16/h2-7,9,14-15H,8,10-11,21H2,1H3. The molecule has 0 bridgehead atoms. The number of anilines is 1. The van der Waals surface area contributed by atoms with Gasteiger partial charge in [-0.1, -0.05) is 29.8 Å². The van der Waals surface area contributed by atoms with E-state index in [0.29, 0.717) is 18.2 Å². The van der Waals surface area contributed by atoms with Crippen molar-refractivity contribution in [1.82, 2.24) is 0 Å². The Morgan fingerprint density at radius 3 is 2.41 bits per heavy atom. The summed E-state index contributed by atoms with van der Waals surface area (Å²) in [6, 6.07) is 12.5. The second-order valence-electron chi connectivity index (χ2n) is 6.11. The van der Waals surface area contributed by atoms with Gasteiger partial charge in [0.2, 0.25) is 0 Å². The van der Waals surface area contributed by atoms with E-state index in [0.717, 1.165) is 13.0 Å². The van der Waals surface area contributed by atoms with Gasteiger partial charge < -0.3 is 10.6 Å². The predicted octanol–water partition coefficient (Wildman–Crippen LogP) is 3.59. The topological polar surface area (TPSA) is 29.3 Å². The van der Waals surface area contributed by atoms with Crippen LogP contribution < -0.4 is 10.6 Å². The molecule has 1 fully saturated rings. The molecule has 22 heavy (non-hydrogen) atoms. The molecule has 0 spiro atoms. The number of benzene rings is 2. The third-order valence-corrected chi connectivity index (χ3v) is 4.30. The van der Waals surface area contributed by atoms with E-state index in [9.17, 15) is 8.78 Å². The molecule has 0 saturated carbocycles. The molecule has 1 aliphatic heterocycles. The lowest BCUT2D eigenvalue weighted by atomic mass is 9.88. The van der Waals surface area contributed by atoms with Crippen molar-refractivity contribution >= 4 is 5.69 Å². The van der Waals surface area contributed by atoms with Crippen LogP contribution in [0, 0.1) is 18.6 Å². The molecular weight excluding hydrogens is 282 g/mol. The molecule has 0 amide bonds. The van der Waals surface area contributed by atoms with Gasteiger partial charge in [-0.3, -0.25) is 0 Å². The summed E-state index contributed by atoms with van der Waals surface area (Å²) in [5, 5.41) is 0. The highest BCUT2D eigenvalue weighted by atomic mass is 19.2. The van der Waals surface area contributed by atoms with E-state index in [2.05, 4.69) is 31.2 Å². The number of piperidine rings is 1. The Bertz CT molecular complexity index is 655. The van der Waals surface area contributed by atoms with Crippen LogP contribution in [0.2, 0.25) is 0 Å². The van der Waals surface area contributed by atoms with E-state index in [1.165, 1.54) is 23.3 Å². The van der Waals surface area contributed by atoms with Crippen molar-refractivity contribution < 1.29 is 8.78 Å². The molecule has 1 saturated heterocycles. The minimum atomic E-state index is -0.819. The van der Waals surface area contributed by atoms with Gasteiger partial charge in [0.1, 0.15) is 0 Å². The summed E-state index contributed by atoms with van der Waals surface area (Å²) < 4.78 is 26.6. The average molecular weight is 302 g/mol. The maximum Gasteiger partial charge on any atom is 0.160 e. The Hall–Kier alpha value is -1.94. The average Bonchev–Trinajstić information content (AvgIpc) is 2.50. The van der Waals surface area contributed by atoms with Gasteiger partial charge >= 0.3 is 0 Å². The van der Waals surface area contributed by atoms with Gasteiger partial charge in [-0.2, -0.15) is 0 Å². The molecule has 2 aromatic rings. The highest BCUT2D eigenvalue weighted by molar-refractivity contribution is 5.48. The zero-order valence-electron chi connectivity index (χ0n) is 12.6. The SMILES string of the molecule is Cc1ccc(C2CC(N)CN(c3ccc(F)c(F)c3)C2)cc1.